The fraction of sp³-hybridized carbons (Fsp3) is 0.364. The van der Waals surface area contributed by atoms with Crippen LogP contribution in [0.25, 0.3) is 0 Å². The van der Waals surface area contributed by atoms with Crippen molar-refractivity contribution in [2.45, 2.75) is 31.7 Å². The third-order valence-corrected chi connectivity index (χ3v) is 4.24. The van der Waals surface area contributed by atoms with E-state index >= 15 is 0 Å². The van der Waals surface area contributed by atoms with Gasteiger partial charge in [0.1, 0.15) is 11.9 Å². The van der Waals surface area contributed by atoms with Gasteiger partial charge in [-0.2, -0.15) is 4.72 Å². The number of rotatable bonds is 4. The van der Waals surface area contributed by atoms with Crippen LogP contribution in [0.5, 0.6) is 0 Å². The van der Waals surface area contributed by atoms with Crippen LogP contribution in [-0.4, -0.2) is 25.5 Å². The molecular formula is C11H14FNO4S. The van der Waals surface area contributed by atoms with E-state index in [9.17, 15) is 17.6 Å². The van der Waals surface area contributed by atoms with Gasteiger partial charge < -0.3 is 5.11 Å². The van der Waals surface area contributed by atoms with Crippen LogP contribution in [0, 0.1) is 19.7 Å². The number of hydrogen-bond acceptors (Lipinski definition) is 3. The predicted octanol–water partition coefficient (Wildman–Crippen LogP) is 1.19. The molecule has 1 rings (SSSR count). The van der Waals surface area contributed by atoms with Crippen molar-refractivity contribution in [3.63, 3.8) is 0 Å². The third-order valence-electron chi connectivity index (χ3n) is 2.40. The monoisotopic (exact) mass is 275 g/mol. The third kappa shape index (κ3) is 3.05. The first-order chi connectivity index (χ1) is 8.15. The van der Waals surface area contributed by atoms with Crippen molar-refractivity contribution in [3.05, 3.63) is 29.1 Å². The van der Waals surface area contributed by atoms with E-state index in [1.54, 1.807) is 0 Å². The van der Waals surface area contributed by atoms with Gasteiger partial charge in [-0.15, -0.1) is 0 Å². The molecular weight excluding hydrogens is 261 g/mol. The number of benzene rings is 1. The maximum absolute atomic E-state index is 13.1. The Morgan fingerprint density at radius 3 is 2.17 bits per heavy atom. The molecule has 0 radical (unpaired) electrons. The summed E-state index contributed by atoms with van der Waals surface area (Å²) in [5.74, 6) is -1.81. The zero-order valence-corrected chi connectivity index (χ0v) is 11.0. The maximum Gasteiger partial charge on any atom is 0.321 e. The topological polar surface area (TPSA) is 83.5 Å². The Morgan fingerprint density at radius 2 is 1.78 bits per heavy atom. The first-order valence-corrected chi connectivity index (χ1v) is 6.65. The van der Waals surface area contributed by atoms with Gasteiger partial charge in [-0.3, -0.25) is 4.79 Å². The molecule has 0 amide bonds. The molecule has 1 aromatic rings. The summed E-state index contributed by atoms with van der Waals surface area (Å²) in [6.07, 6.45) is 0. The lowest BCUT2D eigenvalue weighted by Crippen LogP contribution is -2.38. The number of sulfonamides is 1. The van der Waals surface area contributed by atoms with Crippen molar-refractivity contribution >= 4 is 16.0 Å². The molecule has 0 saturated heterocycles. The SMILES string of the molecule is Cc1cc(F)cc(C)c1S(=O)(=O)NC(C)C(=O)O. The van der Waals surface area contributed by atoms with Gasteiger partial charge in [0.05, 0.1) is 4.90 Å². The van der Waals surface area contributed by atoms with Crippen molar-refractivity contribution in [1.29, 1.82) is 0 Å². The molecule has 7 heteroatoms. The minimum atomic E-state index is -3.98. The minimum Gasteiger partial charge on any atom is -0.480 e. The zero-order chi connectivity index (χ0) is 14.1. The second-order valence-electron chi connectivity index (χ2n) is 4.05. The lowest BCUT2D eigenvalue weighted by Gasteiger charge is -2.14. The van der Waals surface area contributed by atoms with Gasteiger partial charge in [0.15, 0.2) is 0 Å². The number of hydrogen-bond donors (Lipinski definition) is 2. The Bertz CT molecular complexity index is 560. The molecule has 0 aliphatic carbocycles. The van der Waals surface area contributed by atoms with Crippen molar-refractivity contribution < 1.29 is 22.7 Å². The van der Waals surface area contributed by atoms with Gasteiger partial charge in [0, 0.05) is 0 Å². The average Bonchev–Trinajstić information content (AvgIpc) is 2.13. The van der Waals surface area contributed by atoms with Crippen LogP contribution in [0.1, 0.15) is 18.1 Å². The predicted molar refractivity (Wildman–Crippen MR) is 63.3 cm³/mol. The van der Waals surface area contributed by atoms with Gasteiger partial charge in [0.25, 0.3) is 0 Å². The Kier molecular flexibility index (Phi) is 4.08. The molecule has 0 fully saturated rings. The summed E-state index contributed by atoms with van der Waals surface area (Å²) >= 11 is 0. The quantitative estimate of drug-likeness (QED) is 0.864. The highest BCUT2D eigenvalue weighted by molar-refractivity contribution is 7.89. The van der Waals surface area contributed by atoms with E-state index in [-0.39, 0.29) is 16.0 Å². The van der Waals surface area contributed by atoms with Crippen LogP contribution >= 0.6 is 0 Å². The molecule has 0 heterocycles. The van der Waals surface area contributed by atoms with Gasteiger partial charge in [-0.1, -0.05) is 0 Å². The molecule has 0 aromatic heterocycles. The largest absolute Gasteiger partial charge is 0.480 e. The van der Waals surface area contributed by atoms with Crippen molar-refractivity contribution in [2.75, 3.05) is 0 Å². The van der Waals surface area contributed by atoms with Crippen LogP contribution in [0.4, 0.5) is 4.39 Å². The lowest BCUT2D eigenvalue weighted by molar-refractivity contribution is -0.138. The molecule has 0 aliphatic heterocycles. The number of carbonyl (C=O) groups is 1. The van der Waals surface area contributed by atoms with Gasteiger partial charge >= 0.3 is 5.97 Å². The summed E-state index contributed by atoms with van der Waals surface area (Å²) in [5, 5.41) is 8.69. The smallest absolute Gasteiger partial charge is 0.321 e. The van der Waals surface area contributed by atoms with Gasteiger partial charge in [-0.05, 0) is 44.0 Å². The first kappa shape index (κ1) is 14.6. The van der Waals surface area contributed by atoms with Gasteiger partial charge in [-0.25, -0.2) is 12.8 Å². The molecule has 0 spiro atoms. The Labute approximate surface area is 105 Å². The van der Waals surface area contributed by atoms with E-state index in [0.29, 0.717) is 0 Å². The molecule has 5 nitrogen and oxygen atoms in total. The zero-order valence-electron chi connectivity index (χ0n) is 10.2. The molecule has 0 bridgehead atoms. The lowest BCUT2D eigenvalue weighted by atomic mass is 10.1. The second-order valence-corrected chi connectivity index (χ2v) is 5.70. The highest BCUT2D eigenvalue weighted by Crippen LogP contribution is 2.21. The molecule has 1 atom stereocenters. The summed E-state index contributed by atoms with van der Waals surface area (Å²) in [5.41, 5.74) is 0.468. The second kappa shape index (κ2) is 5.03. The number of carboxylic acids is 1. The van der Waals surface area contributed by atoms with E-state index in [1.807, 2.05) is 4.72 Å². The van der Waals surface area contributed by atoms with E-state index in [4.69, 9.17) is 5.11 Å². The summed E-state index contributed by atoms with van der Waals surface area (Å²) in [7, 11) is -3.98. The van der Waals surface area contributed by atoms with Crippen molar-refractivity contribution in [3.8, 4) is 0 Å². The molecule has 1 unspecified atom stereocenters. The number of nitrogens with one attached hydrogen (secondary N) is 1. The maximum atomic E-state index is 13.1. The summed E-state index contributed by atoms with van der Waals surface area (Å²) in [6, 6.07) is 0.929. The molecule has 0 saturated carbocycles. The summed E-state index contributed by atoms with van der Waals surface area (Å²) < 4.78 is 39.1. The molecule has 0 aliphatic rings. The molecule has 2 N–H and O–H groups in total. The number of halogens is 1. The average molecular weight is 275 g/mol. The van der Waals surface area contributed by atoms with Crippen LogP contribution < -0.4 is 4.72 Å². The number of carboxylic acid groups (broad SMARTS) is 1. The number of aryl methyl sites for hydroxylation is 2. The van der Waals surface area contributed by atoms with Crippen LogP contribution in [0.3, 0.4) is 0 Å². The highest BCUT2D eigenvalue weighted by atomic mass is 32.2. The first-order valence-electron chi connectivity index (χ1n) is 5.17. The van der Waals surface area contributed by atoms with E-state index in [0.717, 1.165) is 12.1 Å². The van der Waals surface area contributed by atoms with E-state index < -0.39 is 27.9 Å². The normalized spacial score (nSPS) is 13.3. The number of aliphatic carboxylic acids is 1. The molecule has 18 heavy (non-hydrogen) atoms. The van der Waals surface area contributed by atoms with Crippen LogP contribution in [0.15, 0.2) is 17.0 Å². The standard InChI is InChI=1S/C11H14FNO4S/c1-6-4-9(12)5-7(2)10(6)18(16,17)13-8(3)11(14)15/h4-5,8,13H,1-3H3,(H,14,15). The molecule has 100 valence electrons. The van der Waals surface area contributed by atoms with Crippen molar-refractivity contribution in [2.24, 2.45) is 0 Å². The summed E-state index contributed by atoms with van der Waals surface area (Å²) in [4.78, 5) is 10.6. The van der Waals surface area contributed by atoms with Crippen LogP contribution in [0.2, 0.25) is 0 Å². The summed E-state index contributed by atoms with van der Waals surface area (Å²) in [6.45, 7) is 4.13. The Hall–Kier alpha value is -1.47. The van der Waals surface area contributed by atoms with E-state index in [1.165, 1.54) is 20.8 Å². The molecule has 1 aromatic carbocycles. The fourth-order valence-corrected chi connectivity index (χ4v) is 3.31. The van der Waals surface area contributed by atoms with Crippen LogP contribution in [-0.2, 0) is 14.8 Å². The fourth-order valence-electron chi connectivity index (χ4n) is 1.66. The van der Waals surface area contributed by atoms with E-state index in [2.05, 4.69) is 0 Å². The highest BCUT2D eigenvalue weighted by Gasteiger charge is 2.25. The Morgan fingerprint density at radius 1 is 1.33 bits per heavy atom. The minimum absolute atomic E-state index is 0.0861. The van der Waals surface area contributed by atoms with Crippen molar-refractivity contribution in [1.82, 2.24) is 4.72 Å². The Balaban J connectivity index is 3.25. The van der Waals surface area contributed by atoms with Gasteiger partial charge in [0.2, 0.25) is 10.0 Å².